The highest BCUT2D eigenvalue weighted by molar-refractivity contribution is 6.09. The van der Waals surface area contributed by atoms with E-state index in [1.165, 1.54) is 5.56 Å². The van der Waals surface area contributed by atoms with Gasteiger partial charge in [-0.25, -0.2) is 4.79 Å². The SMILES string of the molecule is CCCc1ccc(NC(=O)c2ccccc2NC(=O)NC(C)C)cc1. The predicted molar refractivity (Wildman–Crippen MR) is 102 cm³/mol. The number of para-hydroxylation sites is 1. The number of benzene rings is 2. The molecule has 3 amide bonds. The number of aryl methyl sites for hydroxylation is 1. The van der Waals surface area contributed by atoms with Crippen molar-refractivity contribution >= 4 is 23.3 Å². The first-order chi connectivity index (χ1) is 12.0. The van der Waals surface area contributed by atoms with E-state index in [1.807, 2.05) is 38.1 Å². The maximum Gasteiger partial charge on any atom is 0.319 e. The second kappa shape index (κ2) is 8.87. The molecule has 0 saturated carbocycles. The summed E-state index contributed by atoms with van der Waals surface area (Å²) in [7, 11) is 0. The molecule has 3 N–H and O–H groups in total. The van der Waals surface area contributed by atoms with Gasteiger partial charge in [0.05, 0.1) is 11.3 Å². The fourth-order valence-corrected chi connectivity index (χ4v) is 2.45. The lowest BCUT2D eigenvalue weighted by Gasteiger charge is -2.13. The standard InChI is InChI=1S/C20H25N3O2/c1-4-7-15-10-12-16(13-11-15)22-19(24)17-8-5-6-9-18(17)23-20(25)21-14(2)3/h5-6,8-14H,4,7H2,1-3H3,(H,22,24)(H2,21,23,25). The van der Waals surface area contributed by atoms with Crippen LogP contribution in [-0.4, -0.2) is 18.0 Å². The van der Waals surface area contributed by atoms with Crippen molar-refractivity contribution in [2.24, 2.45) is 0 Å². The number of hydrogen-bond donors (Lipinski definition) is 3. The van der Waals surface area contributed by atoms with Crippen molar-refractivity contribution in [3.63, 3.8) is 0 Å². The Balaban J connectivity index is 2.09. The third-order valence-electron chi connectivity index (χ3n) is 3.59. The first-order valence-electron chi connectivity index (χ1n) is 8.56. The van der Waals surface area contributed by atoms with E-state index < -0.39 is 0 Å². The van der Waals surface area contributed by atoms with Gasteiger partial charge in [0.1, 0.15) is 0 Å². The fourth-order valence-electron chi connectivity index (χ4n) is 2.45. The van der Waals surface area contributed by atoms with Crippen molar-refractivity contribution in [3.8, 4) is 0 Å². The molecule has 0 aromatic heterocycles. The number of urea groups is 1. The fraction of sp³-hybridized carbons (Fsp3) is 0.300. The number of nitrogens with one attached hydrogen (secondary N) is 3. The molecule has 0 unspecified atom stereocenters. The van der Waals surface area contributed by atoms with Crippen molar-refractivity contribution < 1.29 is 9.59 Å². The smallest absolute Gasteiger partial charge is 0.319 e. The second-order valence-corrected chi connectivity index (χ2v) is 6.20. The third-order valence-corrected chi connectivity index (χ3v) is 3.59. The molecule has 0 saturated heterocycles. The van der Waals surface area contributed by atoms with Gasteiger partial charge in [0.2, 0.25) is 0 Å². The lowest BCUT2D eigenvalue weighted by atomic mass is 10.1. The summed E-state index contributed by atoms with van der Waals surface area (Å²) in [6, 6.07) is 14.4. The molecule has 0 atom stereocenters. The number of amides is 3. The summed E-state index contributed by atoms with van der Waals surface area (Å²) in [4.78, 5) is 24.5. The van der Waals surface area contributed by atoms with Crippen LogP contribution in [0, 0.1) is 0 Å². The van der Waals surface area contributed by atoms with Crippen molar-refractivity contribution in [2.45, 2.75) is 39.7 Å². The number of hydrogen-bond acceptors (Lipinski definition) is 2. The average molecular weight is 339 g/mol. The Morgan fingerprint density at radius 3 is 2.28 bits per heavy atom. The van der Waals surface area contributed by atoms with Gasteiger partial charge in [-0.3, -0.25) is 4.79 Å². The van der Waals surface area contributed by atoms with Crippen LogP contribution >= 0.6 is 0 Å². The number of anilines is 2. The van der Waals surface area contributed by atoms with E-state index in [0.717, 1.165) is 18.5 Å². The molecule has 132 valence electrons. The molecule has 0 aliphatic rings. The van der Waals surface area contributed by atoms with Crippen LogP contribution in [0.1, 0.15) is 43.1 Å². The molecule has 0 fully saturated rings. The highest BCUT2D eigenvalue weighted by atomic mass is 16.2. The van der Waals surface area contributed by atoms with Gasteiger partial charge in [-0.05, 0) is 50.1 Å². The lowest BCUT2D eigenvalue weighted by Crippen LogP contribution is -2.34. The minimum atomic E-state index is -0.334. The quantitative estimate of drug-likeness (QED) is 0.729. The zero-order valence-electron chi connectivity index (χ0n) is 14.9. The number of rotatable bonds is 6. The normalized spacial score (nSPS) is 10.4. The minimum Gasteiger partial charge on any atom is -0.336 e. The molecular weight excluding hydrogens is 314 g/mol. The van der Waals surface area contributed by atoms with Crippen LogP contribution in [0.5, 0.6) is 0 Å². The molecule has 0 radical (unpaired) electrons. The summed E-state index contributed by atoms with van der Waals surface area (Å²) in [5.41, 5.74) is 2.86. The first kappa shape index (κ1) is 18.5. The third kappa shape index (κ3) is 5.64. The minimum absolute atomic E-state index is 0.0163. The van der Waals surface area contributed by atoms with Crippen LogP contribution in [0.4, 0.5) is 16.2 Å². The molecule has 0 bridgehead atoms. The van der Waals surface area contributed by atoms with Crippen LogP contribution in [-0.2, 0) is 6.42 Å². The zero-order valence-corrected chi connectivity index (χ0v) is 14.9. The van der Waals surface area contributed by atoms with Gasteiger partial charge in [-0.1, -0.05) is 37.6 Å². The Hall–Kier alpha value is -2.82. The number of carbonyl (C=O) groups excluding carboxylic acids is 2. The topological polar surface area (TPSA) is 70.2 Å². The highest BCUT2D eigenvalue weighted by Crippen LogP contribution is 2.18. The molecule has 0 aliphatic heterocycles. The van der Waals surface area contributed by atoms with Crippen molar-refractivity contribution in [1.29, 1.82) is 0 Å². The summed E-state index contributed by atoms with van der Waals surface area (Å²) in [6.45, 7) is 5.88. The van der Waals surface area contributed by atoms with E-state index in [2.05, 4.69) is 22.9 Å². The Labute approximate surface area is 148 Å². The molecule has 0 aliphatic carbocycles. The van der Waals surface area contributed by atoms with Crippen LogP contribution in [0.3, 0.4) is 0 Å². The monoisotopic (exact) mass is 339 g/mol. The highest BCUT2D eigenvalue weighted by Gasteiger charge is 2.13. The van der Waals surface area contributed by atoms with E-state index >= 15 is 0 Å². The molecule has 2 rings (SSSR count). The van der Waals surface area contributed by atoms with Crippen LogP contribution in [0.25, 0.3) is 0 Å². The van der Waals surface area contributed by atoms with Gasteiger partial charge in [0.15, 0.2) is 0 Å². The molecule has 5 nitrogen and oxygen atoms in total. The zero-order chi connectivity index (χ0) is 18.2. The van der Waals surface area contributed by atoms with E-state index in [-0.39, 0.29) is 18.0 Å². The van der Waals surface area contributed by atoms with E-state index in [9.17, 15) is 9.59 Å². The van der Waals surface area contributed by atoms with Crippen LogP contribution in [0.15, 0.2) is 48.5 Å². The predicted octanol–water partition coefficient (Wildman–Crippen LogP) is 4.42. The average Bonchev–Trinajstić information content (AvgIpc) is 2.56. The molecule has 0 heterocycles. The van der Waals surface area contributed by atoms with Crippen molar-refractivity contribution in [1.82, 2.24) is 5.32 Å². The first-order valence-corrected chi connectivity index (χ1v) is 8.56. The van der Waals surface area contributed by atoms with Crippen LogP contribution < -0.4 is 16.0 Å². The Kier molecular flexibility index (Phi) is 6.57. The maximum atomic E-state index is 12.6. The Bertz CT molecular complexity index is 724. The van der Waals surface area contributed by atoms with Crippen molar-refractivity contribution in [3.05, 3.63) is 59.7 Å². The Morgan fingerprint density at radius 1 is 0.960 bits per heavy atom. The second-order valence-electron chi connectivity index (χ2n) is 6.20. The van der Waals surface area contributed by atoms with Gasteiger partial charge >= 0.3 is 6.03 Å². The van der Waals surface area contributed by atoms with Crippen LogP contribution in [0.2, 0.25) is 0 Å². The molecule has 0 spiro atoms. The van der Waals surface area contributed by atoms with Gasteiger partial charge in [0.25, 0.3) is 5.91 Å². The van der Waals surface area contributed by atoms with Gasteiger partial charge in [-0.15, -0.1) is 0 Å². The van der Waals surface area contributed by atoms with Crippen molar-refractivity contribution in [2.75, 3.05) is 10.6 Å². The summed E-state index contributed by atoms with van der Waals surface area (Å²) < 4.78 is 0. The molecular formula is C20H25N3O2. The largest absolute Gasteiger partial charge is 0.336 e. The Morgan fingerprint density at radius 2 is 1.64 bits per heavy atom. The van der Waals surface area contributed by atoms with E-state index in [1.54, 1.807) is 24.3 Å². The number of carbonyl (C=O) groups is 2. The summed E-state index contributed by atoms with van der Waals surface area (Å²) in [5.74, 6) is -0.260. The summed E-state index contributed by atoms with van der Waals surface area (Å²) in [6.07, 6.45) is 2.11. The van der Waals surface area contributed by atoms with Gasteiger partial charge in [0, 0.05) is 11.7 Å². The van der Waals surface area contributed by atoms with E-state index in [0.29, 0.717) is 11.3 Å². The van der Waals surface area contributed by atoms with E-state index in [4.69, 9.17) is 0 Å². The lowest BCUT2D eigenvalue weighted by molar-refractivity contribution is 0.102. The molecule has 25 heavy (non-hydrogen) atoms. The van der Waals surface area contributed by atoms with Gasteiger partial charge < -0.3 is 16.0 Å². The maximum absolute atomic E-state index is 12.6. The molecule has 2 aromatic carbocycles. The molecule has 2 aromatic rings. The summed E-state index contributed by atoms with van der Waals surface area (Å²) >= 11 is 0. The summed E-state index contributed by atoms with van der Waals surface area (Å²) in [5, 5.41) is 8.34. The molecule has 5 heteroatoms. The van der Waals surface area contributed by atoms with Gasteiger partial charge in [-0.2, -0.15) is 0 Å².